The molecule has 0 saturated carbocycles. The number of benzene rings is 1. The number of aromatic amines is 1. The molecule has 1 saturated heterocycles. The van der Waals surface area contributed by atoms with E-state index in [4.69, 9.17) is 5.73 Å². The minimum atomic E-state index is 0.156. The summed E-state index contributed by atoms with van der Waals surface area (Å²) < 4.78 is 0. The predicted molar refractivity (Wildman–Crippen MR) is 95.5 cm³/mol. The van der Waals surface area contributed by atoms with Crippen LogP contribution in [0.15, 0.2) is 36.8 Å². The standard InChI is InChI=1S/C18H20N6/c19-12-1-2-15-14(9-12)18(4-7-20-8-5-18)10-24(15)17-13-3-6-21-16(13)22-11-23-17/h1-3,6,9,11,20H,4-5,7-8,10,19H2,(H,21,22,23). The van der Waals surface area contributed by atoms with Gasteiger partial charge in [-0.05, 0) is 55.8 Å². The zero-order chi connectivity index (χ0) is 16.1. The van der Waals surface area contributed by atoms with Crippen molar-refractivity contribution >= 4 is 28.2 Å². The van der Waals surface area contributed by atoms with Crippen LogP contribution in [0, 0.1) is 0 Å². The Labute approximate surface area is 140 Å². The number of fused-ring (bicyclic) bond motifs is 3. The van der Waals surface area contributed by atoms with Gasteiger partial charge in [-0.1, -0.05) is 0 Å². The van der Waals surface area contributed by atoms with Gasteiger partial charge in [0.25, 0.3) is 0 Å². The number of nitrogens with two attached hydrogens (primary N) is 1. The van der Waals surface area contributed by atoms with Crippen LogP contribution in [-0.4, -0.2) is 34.6 Å². The van der Waals surface area contributed by atoms with Crippen molar-refractivity contribution in [2.75, 3.05) is 30.3 Å². The molecule has 6 nitrogen and oxygen atoms in total. The number of hydrogen-bond donors (Lipinski definition) is 3. The summed E-state index contributed by atoms with van der Waals surface area (Å²) in [6.07, 6.45) is 5.81. The monoisotopic (exact) mass is 320 g/mol. The van der Waals surface area contributed by atoms with Gasteiger partial charge in [0.15, 0.2) is 0 Å². The van der Waals surface area contributed by atoms with Gasteiger partial charge >= 0.3 is 0 Å². The Hall–Kier alpha value is -2.60. The Morgan fingerprint density at radius 2 is 2.00 bits per heavy atom. The van der Waals surface area contributed by atoms with Crippen molar-refractivity contribution in [3.63, 3.8) is 0 Å². The lowest BCUT2D eigenvalue weighted by atomic mass is 9.74. The third-order valence-electron chi connectivity index (χ3n) is 5.49. The molecule has 4 heterocycles. The number of rotatable bonds is 1. The summed E-state index contributed by atoms with van der Waals surface area (Å²) in [5.41, 5.74) is 10.6. The van der Waals surface area contributed by atoms with Crippen LogP contribution in [-0.2, 0) is 5.41 Å². The number of nitrogens with zero attached hydrogens (tertiary/aromatic N) is 3. The third kappa shape index (κ3) is 1.86. The van der Waals surface area contributed by atoms with Crippen molar-refractivity contribution < 1.29 is 0 Å². The first-order valence-corrected chi connectivity index (χ1v) is 8.43. The molecular formula is C18H20N6. The quantitative estimate of drug-likeness (QED) is 0.599. The number of H-pyrrole nitrogens is 1. The van der Waals surface area contributed by atoms with Crippen LogP contribution >= 0.6 is 0 Å². The lowest BCUT2D eigenvalue weighted by molar-refractivity contribution is 0.329. The summed E-state index contributed by atoms with van der Waals surface area (Å²) in [5.74, 6) is 0.975. The number of anilines is 3. The minimum Gasteiger partial charge on any atom is -0.399 e. The van der Waals surface area contributed by atoms with E-state index < -0.39 is 0 Å². The smallest absolute Gasteiger partial charge is 0.145 e. The number of nitrogen functional groups attached to an aromatic ring is 1. The molecule has 1 fully saturated rings. The molecular weight excluding hydrogens is 300 g/mol. The van der Waals surface area contributed by atoms with E-state index in [1.54, 1.807) is 6.33 Å². The Kier molecular flexibility index (Phi) is 2.84. The molecule has 1 aromatic carbocycles. The van der Waals surface area contributed by atoms with Crippen molar-refractivity contribution in [1.82, 2.24) is 20.3 Å². The van der Waals surface area contributed by atoms with Crippen LogP contribution in [0.3, 0.4) is 0 Å². The highest BCUT2D eigenvalue weighted by Gasteiger charge is 2.44. The normalized spacial score (nSPS) is 19.1. The number of piperidine rings is 1. The van der Waals surface area contributed by atoms with E-state index in [0.29, 0.717) is 0 Å². The molecule has 0 radical (unpaired) electrons. The summed E-state index contributed by atoms with van der Waals surface area (Å²) >= 11 is 0. The van der Waals surface area contributed by atoms with Gasteiger partial charge in [-0.15, -0.1) is 0 Å². The van der Waals surface area contributed by atoms with Crippen LogP contribution in [0.1, 0.15) is 18.4 Å². The maximum atomic E-state index is 6.11. The van der Waals surface area contributed by atoms with E-state index in [2.05, 4.69) is 43.4 Å². The molecule has 0 aliphatic carbocycles. The first kappa shape index (κ1) is 13.8. The van der Waals surface area contributed by atoms with Gasteiger partial charge in [0, 0.05) is 29.5 Å². The van der Waals surface area contributed by atoms with E-state index >= 15 is 0 Å². The largest absolute Gasteiger partial charge is 0.399 e. The Balaban J connectivity index is 1.70. The van der Waals surface area contributed by atoms with Crippen LogP contribution < -0.4 is 16.0 Å². The fourth-order valence-electron chi connectivity index (χ4n) is 4.28. The van der Waals surface area contributed by atoms with Crippen LogP contribution in [0.5, 0.6) is 0 Å². The van der Waals surface area contributed by atoms with Crippen molar-refractivity contribution in [3.8, 4) is 0 Å². The lowest BCUT2D eigenvalue weighted by Crippen LogP contribution is -2.42. The first-order chi connectivity index (χ1) is 11.8. The van der Waals surface area contributed by atoms with Gasteiger partial charge in [0.2, 0.25) is 0 Å². The molecule has 0 amide bonds. The highest BCUT2D eigenvalue weighted by molar-refractivity contribution is 5.91. The van der Waals surface area contributed by atoms with Gasteiger partial charge in [-0.25, -0.2) is 9.97 Å². The molecule has 2 aliphatic rings. The third-order valence-corrected chi connectivity index (χ3v) is 5.49. The summed E-state index contributed by atoms with van der Waals surface area (Å²) in [6, 6.07) is 8.34. The molecule has 122 valence electrons. The molecule has 3 aromatic rings. The molecule has 2 aromatic heterocycles. The first-order valence-electron chi connectivity index (χ1n) is 8.43. The second kappa shape index (κ2) is 4.95. The van der Waals surface area contributed by atoms with Crippen LogP contribution in [0.25, 0.3) is 11.0 Å². The topological polar surface area (TPSA) is 82.9 Å². The van der Waals surface area contributed by atoms with E-state index in [1.807, 2.05) is 12.3 Å². The molecule has 6 heteroatoms. The van der Waals surface area contributed by atoms with Crippen LogP contribution in [0.2, 0.25) is 0 Å². The minimum absolute atomic E-state index is 0.156. The van der Waals surface area contributed by atoms with Crippen molar-refractivity contribution in [1.29, 1.82) is 0 Å². The maximum Gasteiger partial charge on any atom is 0.145 e. The predicted octanol–water partition coefficient (Wildman–Crippen LogP) is 2.31. The van der Waals surface area contributed by atoms with E-state index in [-0.39, 0.29) is 5.41 Å². The highest BCUT2D eigenvalue weighted by atomic mass is 15.2. The van der Waals surface area contributed by atoms with Gasteiger partial charge < -0.3 is 20.9 Å². The fourth-order valence-corrected chi connectivity index (χ4v) is 4.28. The summed E-state index contributed by atoms with van der Waals surface area (Å²) in [5, 5.41) is 4.54. The average Bonchev–Trinajstić information content (AvgIpc) is 3.19. The lowest BCUT2D eigenvalue weighted by Gasteiger charge is -2.35. The maximum absolute atomic E-state index is 6.11. The summed E-state index contributed by atoms with van der Waals surface area (Å²) in [7, 11) is 0. The molecule has 1 spiro atoms. The van der Waals surface area contributed by atoms with E-state index in [1.165, 1.54) is 11.3 Å². The van der Waals surface area contributed by atoms with Gasteiger partial charge in [0.1, 0.15) is 17.8 Å². The summed E-state index contributed by atoms with van der Waals surface area (Å²) in [4.78, 5) is 14.5. The summed E-state index contributed by atoms with van der Waals surface area (Å²) in [6.45, 7) is 3.04. The average molecular weight is 320 g/mol. The number of hydrogen-bond acceptors (Lipinski definition) is 5. The van der Waals surface area contributed by atoms with E-state index in [0.717, 1.165) is 55.0 Å². The number of aromatic nitrogens is 3. The van der Waals surface area contributed by atoms with Gasteiger partial charge in [-0.3, -0.25) is 0 Å². The zero-order valence-electron chi connectivity index (χ0n) is 13.4. The fraction of sp³-hybridized carbons (Fsp3) is 0.333. The molecule has 0 atom stereocenters. The second-order valence-electron chi connectivity index (χ2n) is 6.83. The van der Waals surface area contributed by atoms with Gasteiger partial charge in [-0.2, -0.15) is 0 Å². The number of nitrogens with one attached hydrogen (secondary N) is 2. The van der Waals surface area contributed by atoms with Crippen molar-refractivity contribution in [3.05, 3.63) is 42.4 Å². The molecule has 24 heavy (non-hydrogen) atoms. The molecule has 4 N–H and O–H groups in total. The zero-order valence-corrected chi connectivity index (χ0v) is 13.4. The molecule has 5 rings (SSSR count). The Bertz CT molecular complexity index is 909. The second-order valence-corrected chi connectivity index (χ2v) is 6.83. The highest BCUT2D eigenvalue weighted by Crippen LogP contribution is 2.49. The SMILES string of the molecule is Nc1ccc2c(c1)C1(CCNCC1)CN2c1ncnc2[nH]ccc12. The molecule has 0 bridgehead atoms. The van der Waals surface area contributed by atoms with Crippen molar-refractivity contribution in [2.45, 2.75) is 18.3 Å². The van der Waals surface area contributed by atoms with Crippen molar-refractivity contribution in [2.24, 2.45) is 0 Å². The van der Waals surface area contributed by atoms with Gasteiger partial charge in [0.05, 0.1) is 5.39 Å². The molecule has 2 aliphatic heterocycles. The van der Waals surface area contributed by atoms with Crippen LogP contribution in [0.4, 0.5) is 17.2 Å². The Morgan fingerprint density at radius 3 is 2.88 bits per heavy atom. The van der Waals surface area contributed by atoms with E-state index in [9.17, 15) is 0 Å². The molecule has 0 unspecified atom stereocenters. The Morgan fingerprint density at radius 1 is 1.12 bits per heavy atom.